The Hall–Kier alpha value is -4.29. The van der Waals surface area contributed by atoms with Crippen LogP contribution in [0.1, 0.15) is 36.5 Å². The van der Waals surface area contributed by atoms with Gasteiger partial charge in [-0.15, -0.1) is 0 Å². The third-order valence-corrected chi connectivity index (χ3v) is 6.55. The predicted molar refractivity (Wildman–Crippen MR) is 139 cm³/mol. The lowest BCUT2D eigenvalue weighted by Crippen LogP contribution is -2.25. The van der Waals surface area contributed by atoms with Crippen molar-refractivity contribution in [3.8, 4) is 11.8 Å². The molecule has 4 heterocycles. The molecule has 1 aliphatic rings. The van der Waals surface area contributed by atoms with Crippen molar-refractivity contribution in [2.75, 3.05) is 26.0 Å². The van der Waals surface area contributed by atoms with Gasteiger partial charge in [-0.1, -0.05) is 5.92 Å². The standard InChI is InChI=1S/C24H25F2N7O.C2HF3O2/c1-4-32-13(2)30-23-20(32)10-17(25)16(22(23)26)5-6-18-21-19(7-8-28-24(21)27)33(31-18)15-9-14(12-34-3)29-11-15;3-2(4,5)1(6)7/h7-8,10,14-15,29H,4,9,11-12H2,1-3H3,(H2,27,28);(H,6,7)/t14-,15+;/m1./s1. The Balaban J connectivity index is 0.000000493. The number of aliphatic carboxylic acids is 1. The number of alkyl halides is 3. The minimum atomic E-state index is -5.08. The van der Waals surface area contributed by atoms with Crippen LogP contribution in [0.15, 0.2) is 18.3 Å². The molecule has 41 heavy (non-hydrogen) atoms. The van der Waals surface area contributed by atoms with E-state index in [0.29, 0.717) is 42.1 Å². The van der Waals surface area contributed by atoms with Crippen molar-refractivity contribution < 1.29 is 36.6 Å². The molecule has 4 N–H and O–H groups in total. The van der Waals surface area contributed by atoms with E-state index in [2.05, 4.69) is 32.2 Å². The number of anilines is 1. The summed E-state index contributed by atoms with van der Waals surface area (Å²) >= 11 is 0. The number of aryl methyl sites for hydroxylation is 2. The van der Waals surface area contributed by atoms with Crippen LogP contribution >= 0.6 is 0 Å². The summed E-state index contributed by atoms with van der Waals surface area (Å²) < 4.78 is 70.7. The topological polar surface area (TPSA) is 133 Å². The maximum absolute atomic E-state index is 15.2. The number of nitrogens with one attached hydrogen (secondary N) is 1. The zero-order valence-corrected chi connectivity index (χ0v) is 22.2. The van der Waals surface area contributed by atoms with Crippen LogP contribution in [0.5, 0.6) is 0 Å². The van der Waals surface area contributed by atoms with Crippen molar-refractivity contribution in [1.82, 2.24) is 29.6 Å². The van der Waals surface area contributed by atoms with Crippen LogP contribution < -0.4 is 11.1 Å². The molecule has 1 aliphatic heterocycles. The van der Waals surface area contributed by atoms with Gasteiger partial charge in [-0.25, -0.2) is 23.5 Å². The van der Waals surface area contributed by atoms with Crippen LogP contribution in [-0.2, 0) is 16.1 Å². The fourth-order valence-corrected chi connectivity index (χ4v) is 4.73. The number of ether oxygens (including phenoxy) is 1. The predicted octanol–water partition coefficient (Wildman–Crippen LogP) is 3.55. The van der Waals surface area contributed by atoms with Crippen molar-refractivity contribution in [2.24, 2.45) is 0 Å². The normalized spacial score (nSPS) is 16.9. The SMILES string of the molecule is CCn1c(C)nc2c(F)c(C#Cc3nn([C@@H]4CN[C@@H](COC)C4)c4ccnc(N)c34)c(F)cc21.O=C(O)C(F)(F)F. The van der Waals surface area contributed by atoms with Crippen LogP contribution in [0.3, 0.4) is 0 Å². The Bertz CT molecular complexity index is 1670. The van der Waals surface area contributed by atoms with E-state index in [-0.39, 0.29) is 29.0 Å². The molecular formula is C26H26F5N7O3. The van der Waals surface area contributed by atoms with Gasteiger partial charge in [0.25, 0.3) is 0 Å². The van der Waals surface area contributed by atoms with Crippen molar-refractivity contribution in [2.45, 2.75) is 45.1 Å². The zero-order valence-electron chi connectivity index (χ0n) is 22.2. The molecule has 0 unspecified atom stereocenters. The first-order chi connectivity index (χ1) is 19.4. The van der Waals surface area contributed by atoms with Gasteiger partial charge in [-0.2, -0.15) is 18.3 Å². The Kier molecular flexibility index (Phi) is 8.45. The highest BCUT2D eigenvalue weighted by molar-refractivity contribution is 5.93. The second-order valence-corrected chi connectivity index (χ2v) is 9.20. The number of aromatic nitrogens is 5. The summed E-state index contributed by atoms with van der Waals surface area (Å²) in [5.74, 6) is 2.08. The van der Waals surface area contributed by atoms with Gasteiger partial charge in [0.2, 0.25) is 0 Å². The van der Waals surface area contributed by atoms with Gasteiger partial charge < -0.3 is 25.5 Å². The summed E-state index contributed by atoms with van der Waals surface area (Å²) in [6, 6.07) is 3.37. The van der Waals surface area contributed by atoms with Gasteiger partial charge in [0, 0.05) is 38.5 Å². The lowest BCUT2D eigenvalue weighted by atomic mass is 10.1. The summed E-state index contributed by atoms with van der Waals surface area (Å²) in [5.41, 5.74) is 7.41. The molecule has 2 atom stereocenters. The highest BCUT2D eigenvalue weighted by atomic mass is 19.4. The highest BCUT2D eigenvalue weighted by Crippen LogP contribution is 2.29. The van der Waals surface area contributed by atoms with E-state index in [1.807, 2.05) is 17.7 Å². The first-order valence-electron chi connectivity index (χ1n) is 12.4. The fraction of sp³-hybridized carbons (Fsp3) is 0.385. The summed E-state index contributed by atoms with van der Waals surface area (Å²) in [6.07, 6.45) is -2.65. The molecule has 1 fully saturated rings. The van der Waals surface area contributed by atoms with Crippen LogP contribution in [0.2, 0.25) is 0 Å². The molecule has 218 valence electrons. The van der Waals surface area contributed by atoms with Crippen LogP contribution in [0.25, 0.3) is 21.9 Å². The lowest BCUT2D eigenvalue weighted by molar-refractivity contribution is -0.192. The number of rotatable bonds is 4. The van der Waals surface area contributed by atoms with Crippen molar-refractivity contribution >= 4 is 33.7 Å². The lowest BCUT2D eigenvalue weighted by Gasteiger charge is -2.11. The van der Waals surface area contributed by atoms with Crippen molar-refractivity contribution in [3.05, 3.63) is 47.0 Å². The molecule has 0 spiro atoms. The van der Waals surface area contributed by atoms with E-state index >= 15 is 4.39 Å². The number of carbonyl (C=O) groups is 1. The molecule has 1 saturated heterocycles. The minimum Gasteiger partial charge on any atom is -0.475 e. The van der Waals surface area contributed by atoms with Crippen LogP contribution in [-0.4, -0.2) is 67.9 Å². The smallest absolute Gasteiger partial charge is 0.475 e. The number of hydrogen-bond acceptors (Lipinski definition) is 7. The quantitative estimate of drug-likeness (QED) is 0.247. The highest BCUT2D eigenvalue weighted by Gasteiger charge is 2.38. The second kappa shape index (κ2) is 11.7. The van der Waals surface area contributed by atoms with Gasteiger partial charge in [-0.3, -0.25) is 4.68 Å². The van der Waals surface area contributed by atoms with Crippen molar-refractivity contribution in [3.63, 3.8) is 0 Å². The van der Waals surface area contributed by atoms with E-state index in [1.54, 1.807) is 24.8 Å². The third kappa shape index (κ3) is 5.93. The molecule has 4 aromatic rings. The largest absolute Gasteiger partial charge is 0.490 e. The Labute approximate surface area is 230 Å². The number of nitrogens with two attached hydrogens (primary N) is 1. The second-order valence-electron chi connectivity index (χ2n) is 9.20. The average Bonchev–Trinajstić information content (AvgIpc) is 3.60. The number of halogens is 5. The fourth-order valence-electron chi connectivity index (χ4n) is 4.73. The van der Waals surface area contributed by atoms with E-state index in [1.165, 1.54) is 6.07 Å². The summed E-state index contributed by atoms with van der Waals surface area (Å²) in [7, 11) is 1.67. The molecule has 10 nitrogen and oxygen atoms in total. The van der Waals surface area contributed by atoms with E-state index < -0.39 is 23.8 Å². The van der Waals surface area contributed by atoms with Crippen LogP contribution in [0, 0.1) is 30.4 Å². The molecule has 15 heteroatoms. The number of carboxylic acids is 1. The molecule has 5 rings (SSSR count). The minimum absolute atomic E-state index is 0.0609. The van der Waals surface area contributed by atoms with Gasteiger partial charge >= 0.3 is 12.1 Å². The van der Waals surface area contributed by atoms with Crippen molar-refractivity contribution in [1.29, 1.82) is 0 Å². The summed E-state index contributed by atoms with van der Waals surface area (Å²) in [6.45, 7) is 5.52. The maximum Gasteiger partial charge on any atom is 0.490 e. The Morgan fingerprint density at radius 2 is 2.00 bits per heavy atom. The monoisotopic (exact) mass is 579 g/mol. The number of fused-ring (bicyclic) bond motifs is 2. The van der Waals surface area contributed by atoms with Gasteiger partial charge in [0.05, 0.1) is 34.6 Å². The number of imidazole rings is 1. The molecule has 0 aliphatic carbocycles. The molecule has 0 radical (unpaired) electrons. The average molecular weight is 580 g/mol. The maximum atomic E-state index is 15.2. The number of methoxy groups -OCH3 is 1. The molecule has 1 aromatic carbocycles. The molecule has 0 amide bonds. The number of nitrogen functional groups attached to an aromatic ring is 1. The van der Waals surface area contributed by atoms with E-state index in [0.717, 1.165) is 11.9 Å². The number of hydrogen-bond donors (Lipinski definition) is 3. The third-order valence-electron chi connectivity index (χ3n) is 6.55. The number of carboxylic acid groups (broad SMARTS) is 1. The molecule has 0 saturated carbocycles. The first kappa shape index (κ1) is 29.7. The number of benzene rings is 1. The van der Waals surface area contributed by atoms with Gasteiger partial charge in [-0.05, 0) is 32.3 Å². The van der Waals surface area contributed by atoms with Gasteiger partial charge in [0.15, 0.2) is 5.82 Å². The van der Waals surface area contributed by atoms with E-state index in [4.69, 9.17) is 20.4 Å². The first-order valence-corrected chi connectivity index (χ1v) is 12.4. The number of nitrogens with zero attached hydrogens (tertiary/aromatic N) is 5. The molecular weight excluding hydrogens is 553 g/mol. The molecule has 0 bridgehead atoms. The molecule has 3 aromatic heterocycles. The van der Waals surface area contributed by atoms with Gasteiger partial charge in [0.1, 0.15) is 28.7 Å². The summed E-state index contributed by atoms with van der Waals surface area (Å²) in [5, 5.41) is 15.8. The Morgan fingerprint density at radius 3 is 2.63 bits per heavy atom. The zero-order chi connectivity index (χ0) is 30.1. The Morgan fingerprint density at radius 1 is 1.29 bits per heavy atom. The summed E-state index contributed by atoms with van der Waals surface area (Å²) in [4.78, 5) is 17.3. The van der Waals surface area contributed by atoms with E-state index in [9.17, 15) is 17.6 Å². The number of pyridine rings is 1. The van der Waals surface area contributed by atoms with Crippen LogP contribution in [0.4, 0.5) is 27.8 Å².